The molecule has 190 valence electrons. The molecule has 0 radical (unpaired) electrons. The van der Waals surface area contributed by atoms with Crippen molar-refractivity contribution in [3.63, 3.8) is 0 Å². The molecule has 1 aromatic carbocycles. The van der Waals surface area contributed by atoms with Crippen molar-refractivity contribution < 1.29 is 14.3 Å². The van der Waals surface area contributed by atoms with Crippen LogP contribution in [0.1, 0.15) is 30.5 Å². The molecule has 2 amide bonds. The Kier molecular flexibility index (Phi) is 6.46. The molecule has 0 N–H and O–H groups in total. The topological polar surface area (TPSA) is 75.1 Å². The fourth-order valence-electron chi connectivity index (χ4n) is 6.25. The lowest BCUT2D eigenvalue weighted by Crippen LogP contribution is -2.67. The van der Waals surface area contributed by atoms with E-state index in [1.54, 1.807) is 20.2 Å². The number of carbonyl (C=O) groups is 2. The van der Waals surface area contributed by atoms with Crippen molar-refractivity contribution in [2.24, 2.45) is 11.3 Å². The summed E-state index contributed by atoms with van der Waals surface area (Å²) < 4.78 is 7.74. The smallest absolute Gasteiger partial charge is 0.250 e. The number of rotatable bonds is 6. The van der Waals surface area contributed by atoms with Crippen LogP contribution in [0.2, 0.25) is 0 Å². The Morgan fingerprint density at radius 3 is 2.42 bits per heavy atom. The van der Waals surface area contributed by atoms with Gasteiger partial charge in [0.1, 0.15) is 11.2 Å². The molecular formula is C27H32N4O4S. The molecule has 36 heavy (non-hydrogen) atoms. The van der Waals surface area contributed by atoms with E-state index in [2.05, 4.69) is 4.90 Å². The maximum atomic E-state index is 13.9. The first-order valence-corrected chi connectivity index (χ1v) is 12.9. The zero-order chi connectivity index (χ0) is 25.6. The van der Waals surface area contributed by atoms with Gasteiger partial charge in [0.25, 0.3) is 5.56 Å². The van der Waals surface area contributed by atoms with E-state index < -0.39 is 5.41 Å². The number of piperidine rings is 1. The number of carbonyl (C=O) groups excluding carboxylic acids is 2. The molecule has 3 aliphatic rings. The highest BCUT2D eigenvalue weighted by Crippen LogP contribution is 2.40. The lowest BCUT2D eigenvalue weighted by atomic mass is 9.75. The first-order chi connectivity index (χ1) is 17.2. The Labute approximate surface area is 216 Å². The van der Waals surface area contributed by atoms with E-state index >= 15 is 0 Å². The number of amides is 2. The second kappa shape index (κ2) is 9.44. The molecular weight excluding hydrogens is 476 g/mol. The van der Waals surface area contributed by atoms with Crippen LogP contribution in [0.25, 0.3) is 0 Å². The fraction of sp³-hybridized carbons (Fsp3) is 0.481. The minimum Gasteiger partial charge on any atom is -0.494 e. The maximum Gasteiger partial charge on any atom is 0.250 e. The molecule has 0 spiro atoms. The van der Waals surface area contributed by atoms with E-state index in [0.717, 1.165) is 24.2 Å². The number of nitrogens with zero attached hydrogens (tertiary/aromatic N) is 4. The molecule has 0 unspecified atom stereocenters. The zero-order valence-corrected chi connectivity index (χ0v) is 21.8. The zero-order valence-electron chi connectivity index (χ0n) is 21.0. The third-order valence-corrected chi connectivity index (χ3v) is 8.36. The van der Waals surface area contributed by atoms with Gasteiger partial charge < -0.3 is 14.2 Å². The van der Waals surface area contributed by atoms with E-state index in [1.807, 2.05) is 47.9 Å². The van der Waals surface area contributed by atoms with Gasteiger partial charge in [-0.1, -0.05) is 24.3 Å². The van der Waals surface area contributed by atoms with Crippen molar-refractivity contribution in [3.05, 3.63) is 64.1 Å². The summed E-state index contributed by atoms with van der Waals surface area (Å²) in [5, 5.41) is 0.211. The summed E-state index contributed by atoms with van der Waals surface area (Å²) in [4.78, 5) is 45.4. The lowest BCUT2D eigenvalue weighted by Gasteiger charge is -2.48. The second-order valence-corrected chi connectivity index (χ2v) is 10.6. The van der Waals surface area contributed by atoms with Crippen LogP contribution in [0.15, 0.2) is 47.3 Å². The standard InChI is InChI=1S/C27H32N4O4S/c1-4-35-22-10-6-5-8-19(22)13-27(24(33)28(2)26(36)29(3)25(27)34)17-30-14-18-12-20(16-30)21-9-7-11-23(32)31(21)15-18/h5-11,18,20H,4,12-17H2,1-3H3/t18-,20-/m1/s1. The number of para-hydroxylation sites is 1. The van der Waals surface area contributed by atoms with Crippen LogP contribution in [0, 0.1) is 11.3 Å². The summed E-state index contributed by atoms with van der Waals surface area (Å²) in [5.74, 6) is 0.588. The molecule has 1 aromatic heterocycles. The number of likely N-dealkylation sites (tertiary alicyclic amines) is 1. The highest BCUT2D eigenvalue weighted by Gasteiger charge is 2.55. The van der Waals surface area contributed by atoms with Gasteiger partial charge in [0.2, 0.25) is 11.8 Å². The van der Waals surface area contributed by atoms with Gasteiger partial charge in [0, 0.05) is 64.4 Å². The highest BCUT2D eigenvalue weighted by atomic mass is 32.1. The van der Waals surface area contributed by atoms with E-state index in [1.165, 1.54) is 9.80 Å². The van der Waals surface area contributed by atoms with E-state index in [0.29, 0.717) is 25.4 Å². The molecule has 0 aliphatic carbocycles. The Bertz CT molecular complexity index is 1250. The van der Waals surface area contributed by atoms with Crippen molar-refractivity contribution in [2.75, 3.05) is 40.3 Å². The maximum absolute atomic E-state index is 13.9. The molecule has 2 bridgehead atoms. The summed E-state index contributed by atoms with van der Waals surface area (Å²) in [5.41, 5.74) is 0.566. The average molecular weight is 509 g/mol. The minimum atomic E-state index is -1.33. The number of thiocarbonyl (C=S) groups is 1. The molecule has 2 atom stereocenters. The van der Waals surface area contributed by atoms with Crippen molar-refractivity contribution in [1.29, 1.82) is 0 Å². The van der Waals surface area contributed by atoms with Crippen LogP contribution in [0.4, 0.5) is 0 Å². The van der Waals surface area contributed by atoms with Gasteiger partial charge >= 0.3 is 0 Å². The Hall–Kier alpha value is -3.04. The largest absolute Gasteiger partial charge is 0.494 e. The SMILES string of the molecule is CCOc1ccccc1CC1(CN2C[C@H]3C[C@H](C2)c2cccc(=O)n2C3)C(=O)N(C)C(=S)N(C)C1=O. The van der Waals surface area contributed by atoms with E-state index in [-0.39, 0.29) is 47.3 Å². The summed E-state index contributed by atoms with van der Waals surface area (Å²) in [6, 6.07) is 13.1. The van der Waals surface area contributed by atoms with Gasteiger partial charge in [-0.3, -0.25) is 24.2 Å². The second-order valence-electron chi connectivity index (χ2n) is 10.2. The molecule has 4 heterocycles. The molecule has 2 saturated heterocycles. The molecule has 8 nitrogen and oxygen atoms in total. The molecule has 2 fully saturated rings. The number of ether oxygens (including phenoxy) is 1. The number of pyridine rings is 1. The summed E-state index contributed by atoms with van der Waals surface area (Å²) >= 11 is 5.40. The molecule has 3 aliphatic heterocycles. The summed E-state index contributed by atoms with van der Waals surface area (Å²) in [6.45, 7) is 4.77. The quantitative estimate of drug-likeness (QED) is 0.440. The van der Waals surface area contributed by atoms with E-state index in [4.69, 9.17) is 17.0 Å². The van der Waals surface area contributed by atoms with Crippen molar-refractivity contribution in [3.8, 4) is 5.75 Å². The lowest BCUT2D eigenvalue weighted by molar-refractivity contribution is -0.157. The van der Waals surface area contributed by atoms with Crippen LogP contribution in [0.5, 0.6) is 5.75 Å². The Morgan fingerprint density at radius 1 is 0.972 bits per heavy atom. The Morgan fingerprint density at radius 2 is 1.69 bits per heavy atom. The highest BCUT2D eigenvalue weighted by molar-refractivity contribution is 7.80. The van der Waals surface area contributed by atoms with Crippen LogP contribution in [-0.2, 0) is 22.6 Å². The number of benzene rings is 1. The summed E-state index contributed by atoms with van der Waals surface area (Å²) in [7, 11) is 3.29. The normalized spacial score (nSPS) is 23.6. The van der Waals surface area contributed by atoms with Gasteiger partial charge in [-0.15, -0.1) is 0 Å². The number of hydrogen-bond acceptors (Lipinski definition) is 6. The van der Waals surface area contributed by atoms with Crippen molar-refractivity contribution in [1.82, 2.24) is 19.3 Å². The monoisotopic (exact) mass is 508 g/mol. The number of hydrogen-bond donors (Lipinski definition) is 0. The van der Waals surface area contributed by atoms with Crippen LogP contribution < -0.4 is 10.3 Å². The summed E-state index contributed by atoms with van der Waals surface area (Å²) in [6.07, 6.45) is 1.23. The number of fused-ring (bicyclic) bond motifs is 4. The van der Waals surface area contributed by atoms with Crippen molar-refractivity contribution >= 4 is 29.1 Å². The minimum absolute atomic E-state index is 0.0362. The third kappa shape index (κ3) is 4.04. The molecule has 9 heteroatoms. The van der Waals surface area contributed by atoms with Crippen LogP contribution in [-0.4, -0.2) is 76.5 Å². The van der Waals surface area contributed by atoms with Gasteiger partial charge in [-0.25, -0.2) is 0 Å². The first kappa shape index (κ1) is 24.6. The van der Waals surface area contributed by atoms with Gasteiger partial charge in [-0.05, 0) is 49.2 Å². The van der Waals surface area contributed by atoms with E-state index in [9.17, 15) is 14.4 Å². The molecule has 0 saturated carbocycles. The molecule has 5 rings (SSSR count). The van der Waals surface area contributed by atoms with Gasteiger partial charge in [0.05, 0.1) is 6.61 Å². The average Bonchev–Trinajstić information content (AvgIpc) is 2.87. The Balaban J connectivity index is 1.52. The van der Waals surface area contributed by atoms with Gasteiger partial charge in [0.15, 0.2) is 5.11 Å². The predicted octanol–water partition coefficient (Wildman–Crippen LogP) is 2.11. The fourth-order valence-corrected chi connectivity index (χ4v) is 6.42. The third-order valence-electron chi connectivity index (χ3n) is 7.82. The van der Waals surface area contributed by atoms with Gasteiger partial charge in [-0.2, -0.15) is 0 Å². The van der Waals surface area contributed by atoms with Crippen LogP contribution in [0.3, 0.4) is 0 Å². The van der Waals surface area contributed by atoms with Crippen molar-refractivity contribution in [2.45, 2.75) is 32.2 Å². The van der Waals surface area contributed by atoms with Crippen LogP contribution >= 0.6 is 12.2 Å². The predicted molar refractivity (Wildman–Crippen MR) is 140 cm³/mol. The number of aromatic nitrogens is 1. The first-order valence-electron chi connectivity index (χ1n) is 12.5. The molecule has 2 aromatic rings.